The van der Waals surface area contributed by atoms with E-state index in [2.05, 4.69) is 31.2 Å². The number of carbonyl (C=O) groups is 1. The van der Waals surface area contributed by atoms with Crippen molar-refractivity contribution in [2.75, 3.05) is 13.1 Å². The van der Waals surface area contributed by atoms with Crippen LogP contribution in [0.5, 0.6) is 0 Å². The average molecular weight is 371 g/mol. The van der Waals surface area contributed by atoms with E-state index >= 15 is 0 Å². The third kappa shape index (κ3) is 3.92. The lowest BCUT2D eigenvalue weighted by Crippen LogP contribution is -2.38. The van der Waals surface area contributed by atoms with Crippen LogP contribution in [0.1, 0.15) is 68.8 Å². The van der Waals surface area contributed by atoms with Crippen molar-refractivity contribution in [2.45, 2.75) is 77.3 Å². The number of piperidine rings is 1. The molecule has 2 aromatic heterocycles. The minimum absolute atomic E-state index is 0.254. The van der Waals surface area contributed by atoms with Gasteiger partial charge in [-0.25, -0.2) is 4.98 Å². The molecule has 2 aromatic rings. The van der Waals surface area contributed by atoms with Crippen molar-refractivity contribution in [3.8, 4) is 0 Å². The predicted octanol–water partition coefficient (Wildman–Crippen LogP) is 2.56. The first-order valence-electron chi connectivity index (χ1n) is 10.5. The summed E-state index contributed by atoms with van der Waals surface area (Å²) >= 11 is 0. The van der Waals surface area contributed by atoms with Gasteiger partial charge in [-0.2, -0.15) is 0 Å². The molecule has 0 spiro atoms. The van der Waals surface area contributed by atoms with Crippen LogP contribution in [0.2, 0.25) is 0 Å². The Morgan fingerprint density at radius 2 is 2.00 bits per heavy atom. The topological polar surface area (TPSA) is 68.8 Å². The van der Waals surface area contributed by atoms with E-state index in [9.17, 15) is 4.79 Å². The van der Waals surface area contributed by atoms with Gasteiger partial charge in [-0.1, -0.05) is 13.3 Å². The fourth-order valence-corrected chi connectivity index (χ4v) is 4.43. The van der Waals surface area contributed by atoms with E-state index in [4.69, 9.17) is 0 Å². The van der Waals surface area contributed by atoms with Gasteiger partial charge in [-0.3, -0.25) is 4.79 Å². The number of hydrogen-bond acceptors (Lipinski definition) is 4. The molecule has 2 aliphatic rings. The number of nitrogens with zero attached hydrogens (tertiary/aromatic N) is 6. The molecule has 7 heteroatoms. The molecule has 2 aliphatic heterocycles. The van der Waals surface area contributed by atoms with Crippen LogP contribution in [0.15, 0.2) is 12.4 Å². The summed E-state index contributed by atoms with van der Waals surface area (Å²) in [6.07, 6.45) is 12.0. The highest BCUT2D eigenvalue weighted by Gasteiger charge is 2.28. The maximum atomic E-state index is 12.6. The summed E-state index contributed by atoms with van der Waals surface area (Å²) in [5.74, 6) is 4.06. The van der Waals surface area contributed by atoms with Gasteiger partial charge in [-0.05, 0) is 25.7 Å². The summed E-state index contributed by atoms with van der Waals surface area (Å²) in [5, 5.41) is 8.97. The molecule has 146 valence electrons. The molecule has 0 radical (unpaired) electrons. The van der Waals surface area contributed by atoms with Gasteiger partial charge in [-0.15, -0.1) is 10.2 Å². The molecule has 4 rings (SSSR count). The number of aryl methyl sites for hydroxylation is 3. The Hall–Kier alpha value is -2.18. The largest absolute Gasteiger partial charge is 0.343 e. The molecule has 0 aliphatic carbocycles. The molecule has 0 unspecified atom stereocenters. The van der Waals surface area contributed by atoms with Crippen molar-refractivity contribution >= 4 is 5.91 Å². The molecule has 0 N–H and O–H groups in total. The highest BCUT2D eigenvalue weighted by molar-refractivity contribution is 5.76. The van der Waals surface area contributed by atoms with E-state index in [1.807, 2.05) is 17.3 Å². The SMILES string of the molecule is CCc1nccn1CCC(=O)N1CCC(c2nnc3n2CCCCC3)CC1. The lowest BCUT2D eigenvalue weighted by Gasteiger charge is -2.32. The maximum absolute atomic E-state index is 12.6. The van der Waals surface area contributed by atoms with Gasteiger partial charge in [0.15, 0.2) is 0 Å². The number of hydrogen-bond donors (Lipinski definition) is 0. The number of rotatable bonds is 5. The summed E-state index contributed by atoms with van der Waals surface area (Å²) in [5.41, 5.74) is 0. The molecule has 1 saturated heterocycles. The van der Waals surface area contributed by atoms with Crippen molar-refractivity contribution in [3.05, 3.63) is 29.9 Å². The first-order chi connectivity index (χ1) is 13.3. The minimum Gasteiger partial charge on any atom is -0.343 e. The molecular weight excluding hydrogens is 340 g/mol. The fraction of sp³-hybridized carbons (Fsp3) is 0.700. The highest BCUT2D eigenvalue weighted by atomic mass is 16.2. The zero-order valence-corrected chi connectivity index (χ0v) is 16.3. The smallest absolute Gasteiger partial charge is 0.224 e. The zero-order valence-electron chi connectivity index (χ0n) is 16.3. The van der Waals surface area contributed by atoms with E-state index in [-0.39, 0.29) is 5.91 Å². The van der Waals surface area contributed by atoms with Crippen LogP contribution in [0, 0.1) is 0 Å². The quantitative estimate of drug-likeness (QED) is 0.811. The van der Waals surface area contributed by atoms with E-state index in [0.29, 0.717) is 12.3 Å². The van der Waals surface area contributed by atoms with Gasteiger partial charge in [0.05, 0.1) is 0 Å². The summed E-state index contributed by atoms with van der Waals surface area (Å²) in [4.78, 5) is 19.0. The minimum atomic E-state index is 0.254. The highest BCUT2D eigenvalue weighted by Crippen LogP contribution is 2.29. The van der Waals surface area contributed by atoms with E-state index in [1.54, 1.807) is 0 Å². The molecule has 1 fully saturated rings. The zero-order chi connectivity index (χ0) is 18.6. The van der Waals surface area contributed by atoms with Crippen molar-refractivity contribution in [1.29, 1.82) is 0 Å². The second-order valence-electron chi connectivity index (χ2n) is 7.73. The first kappa shape index (κ1) is 18.2. The Labute approximate surface area is 160 Å². The van der Waals surface area contributed by atoms with Crippen LogP contribution in [0.4, 0.5) is 0 Å². The lowest BCUT2D eigenvalue weighted by molar-refractivity contribution is -0.132. The summed E-state index contributed by atoms with van der Waals surface area (Å²) in [6.45, 7) is 5.53. The van der Waals surface area contributed by atoms with Crippen LogP contribution >= 0.6 is 0 Å². The standard InChI is InChI=1S/C20H30N6O/c1-2-17-21-10-15-24(17)14-9-19(27)25-12-7-16(8-13-25)20-23-22-18-6-4-3-5-11-26(18)20/h10,15-16H,2-9,11-14H2,1H3. The van der Waals surface area contributed by atoms with E-state index in [0.717, 1.165) is 69.3 Å². The summed E-state index contributed by atoms with van der Waals surface area (Å²) in [7, 11) is 0. The summed E-state index contributed by atoms with van der Waals surface area (Å²) < 4.78 is 4.45. The van der Waals surface area contributed by atoms with Gasteiger partial charge < -0.3 is 14.0 Å². The second kappa shape index (κ2) is 8.23. The van der Waals surface area contributed by atoms with Crippen molar-refractivity contribution in [1.82, 2.24) is 29.2 Å². The number of likely N-dealkylation sites (tertiary alicyclic amines) is 1. The molecular formula is C20H30N6O. The lowest BCUT2D eigenvalue weighted by atomic mass is 9.95. The van der Waals surface area contributed by atoms with Crippen molar-refractivity contribution in [3.63, 3.8) is 0 Å². The Morgan fingerprint density at radius 3 is 2.81 bits per heavy atom. The predicted molar refractivity (Wildman–Crippen MR) is 102 cm³/mol. The fourth-order valence-electron chi connectivity index (χ4n) is 4.43. The molecule has 4 heterocycles. The Kier molecular flexibility index (Phi) is 5.55. The van der Waals surface area contributed by atoms with Gasteiger partial charge in [0.2, 0.25) is 5.91 Å². The number of amides is 1. The molecule has 27 heavy (non-hydrogen) atoms. The number of imidazole rings is 1. The molecule has 0 aromatic carbocycles. The van der Waals surface area contributed by atoms with Gasteiger partial charge in [0.25, 0.3) is 0 Å². The van der Waals surface area contributed by atoms with Gasteiger partial charge >= 0.3 is 0 Å². The Morgan fingerprint density at radius 1 is 1.15 bits per heavy atom. The van der Waals surface area contributed by atoms with E-state index < -0.39 is 0 Å². The Balaban J connectivity index is 1.31. The molecule has 1 amide bonds. The monoisotopic (exact) mass is 370 g/mol. The molecule has 0 bridgehead atoms. The van der Waals surface area contributed by atoms with Crippen molar-refractivity contribution in [2.24, 2.45) is 0 Å². The molecule has 7 nitrogen and oxygen atoms in total. The average Bonchev–Trinajstić information content (AvgIpc) is 3.26. The number of aromatic nitrogens is 5. The van der Waals surface area contributed by atoms with Gasteiger partial charge in [0, 0.05) is 63.8 Å². The molecule has 0 atom stereocenters. The van der Waals surface area contributed by atoms with E-state index in [1.165, 1.54) is 19.3 Å². The number of fused-ring (bicyclic) bond motifs is 1. The van der Waals surface area contributed by atoms with Crippen molar-refractivity contribution < 1.29 is 4.79 Å². The first-order valence-corrected chi connectivity index (χ1v) is 10.5. The Bertz CT molecular complexity index is 771. The number of carbonyl (C=O) groups excluding carboxylic acids is 1. The molecule has 0 saturated carbocycles. The van der Waals surface area contributed by atoms with Crippen LogP contribution < -0.4 is 0 Å². The van der Waals surface area contributed by atoms with Crippen LogP contribution in [0.3, 0.4) is 0 Å². The van der Waals surface area contributed by atoms with Gasteiger partial charge in [0.1, 0.15) is 17.5 Å². The van der Waals surface area contributed by atoms with Crippen LogP contribution in [-0.4, -0.2) is 48.2 Å². The normalized spacial score (nSPS) is 18.3. The third-order valence-electron chi connectivity index (χ3n) is 6.04. The van der Waals surface area contributed by atoms with Crippen LogP contribution in [0.25, 0.3) is 0 Å². The van der Waals surface area contributed by atoms with Crippen LogP contribution in [-0.2, 0) is 30.7 Å². The summed E-state index contributed by atoms with van der Waals surface area (Å²) in [6, 6.07) is 0. The third-order valence-corrected chi connectivity index (χ3v) is 6.04. The maximum Gasteiger partial charge on any atom is 0.224 e. The second-order valence-corrected chi connectivity index (χ2v) is 7.73.